The Hall–Kier alpha value is -2.75. The molecule has 0 spiro atoms. The van der Waals surface area contributed by atoms with Gasteiger partial charge in [-0.05, 0) is 24.3 Å². The van der Waals surface area contributed by atoms with Gasteiger partial charge in [0.25, 0.3) is 5.91 Å². The van der Waals surface area contributed by atoms with Gasteiger partial charge in [-0.2, -0.15) is 18.3 Å². The third-order valence-electron chi connectivity index (χ3n) is 4.24. The highest BCUT2D eigenvalue weighted by Crippen LogP contribution is 2.34. The largest absolute Gasteiger partial charge is 0.497 e. The van der Waals surface area contributed by atoms with Gasteiger partial charge < -0.3 is 19.5 Å². The van der Waals surface area contributed by atoms with E-state index in [1.165, 1.54) is 4.68 Å². The summed E-state index contributed by atoms with van der Waals surface area (Å²) in [6.45, 7) is 0.305. The highest BCUT2D eigenvalue weighted by atomic mass is 19.4. The molecule has 0 bridgehead atoms. The Labute approximate surface area is 159 Å². The van der Waals surface area contributed by atoms with Gasteiger partial charge in [0, 0.05) is 24.2 Å². The number of halogens is 3. The highest BCUT2D eigenvalue weighted by molar-refractivity contribution is 5.77. The quantitative estimate of drug-likeness (QED) is 0.773. The minimum Gasteiger partial charge on any atom is -0.497 e. The average molecular weight is 399 g/mol. The second-order valence-corrected chi connectivity index (χ2v) is 6.11. The summed E-state index contributed by atoms with van der Waals surface area (Å²) in [5, 5.41) is 6.30. The van der Waals surface area contributed by atoms with Crippen molar-refractivity contribution in [2.75, 3.05) is 26.9 Å². The molecule has 0 saturated carbocycles. The molecular formula is C18H20F3N3O4. The Bertz CT molecular complexity index is 819. The lowest BCUT2D eigenvalue weighted by Crippen LogP contribution is -2.32. The molecule has 1 aromatic carbocycles. The number of benzene rings is 1. The minimum atomic E-state index is -4.54. The molecule has 0 fully saturated rings. The van der Waals surface area contributed by atoms with Crippen LogP contribution in [0.25, 0.3) is 0 Å². The summed E-state index contributed by atoms with van der Waals surface area (Å²) in [7, 11) is 1.55. The van der Waals surface area contributed by atoms with Crippen LogP contribution in [-0.2, 0) is 35.3 Å². The molecule has 152 valence electrons. The smallest absolute Gasteiger partial charge is 0.435 e. The number of amides is 1. The maximum Gasteiger partial charge on any atom is 0.435 e. The van der Waals surface area contributed by atoms with Crippen LogP contribution >= 0.6 is 0 Å². The van der Waals surface area contributed by atoms with Gasteiger partial charge in [0.2, 0.25) is 0 Å². The molecule has 2 heterocycles. The summed E-state index contributed by atoms with van der Waals surface area (Å²) in [5.41, 5.74) is -0.341. The van der Waals surface area contributed by atoms with Gasteiger partial charge in [-0.15, -0.1) is 0 Å². The van der Waals surface area contributed by atoms with E-state index in [-0.39, 0.29) is 37.8 Å². The molecule has 0 saturated heterocycles. The third kappa shape index (κ3) is 4.75. The first-order valence-corrected chi connectivity index (χ1v) is 8.65. The molecule has 3 rings (SSSR count). The SMILES string of the molecule is COc1ccc(OCC(=O)NCCn2nc(C(F)(F)F)c3c2CCOC3)cc1. The Morgan fingerprint density at radius 1 is 1.29 bits per heavy atom. The van der Waals surface area contributed by atoms with Crippen molar-refractivity contribution in [1.29, 1.82) is 0 Å². The Balaban J connectivity index is 1.51. The van der Waals surface area contributed by atoms with E-state index in [0.29, 0.717) is 30.2 Å². The number of methoxy groups -OCH3 is 1. The molecule has 1 N–H and O–H groups in total. The predicted molar refractivity (Wildman–Crippen MR) is 92.1 cm³/mol. The Kier molecular flexibility index (Phi) is 6.08. The summed E-state index contributed by atoms with van der Waals surface area (Å²) >= 11 is 0. The number of aromatic nitrogens is 2. The topological polar surface area (TPSA) is 74.6 Å². The molecule has 0 radical (unpaired) electrons. The molecule has 1 amide bonds. The van der Waals surface area contributed by atoms with Gasteiger partial charge in [0.1, 0.15) is 11.5 Å². The summed E-state index contributed by atoms with van der Waals surface area (Å²) in [4.78, 5) is 11.9. The van der Waals surface area contributed by atoms with Crippen LogP contribution in [0, 0.1) is 0 Å². The van der Waals surface area contributed by atoms with Gasteiger partial charge in [0.05, 0.1) is 26.9 Å². The lowest BCUT2D eigenvalue weighted by Gasteiger charge is -2.15. The molecule has 28 heavy (non-hydrogen) atoms. The maximum absolute atomic E-state index is 13.1. The first-order valence-electron chi connectivity index (χ1n) is 8.65. The minimum absolute atomic E-state index is 0.0768. The zero-order valence-electron chi connectivity index (χ0n) is 15.2. The lowest BCUT2D eigenvalue weighted by molar-refractivity contribution is -0.142. The van der Waals surface area contributed by atoms with Crippen LogP contribution in [0.3, 0.4) is 0 Å². The third-order valence-corrected chi connectivity index (χ3v) is 4.24. The van der Waals surface area contributed by atoms with E-state index in [2.05, 4.69) is 10.4 Å². The predicted octanol–water partition coefficient (Wildman–Crippen LogP) is 2.18. The van der Waals surface area contributed by atoms with E-state index in [1.54, 1.807) is 31.4 Å². The standard InChI is InChI=1S/C18H20F3N3O4/c1-26-12-2-4-13(5-3-12)28-11-16(25)22-7-8-24-15-6-9-27-10-14(15)17(23-24)18(19,20)21/h2-5H,6-11H2,1H3,(H,22,25). The number of alkyl halides is 3. The van der Waals surface area contributed by atoms with Crippen molar-refractivity contribution in [2.45, 2.75) is 25.7 Å². The number of hydrogen-bond acceptors (Lipinski definition) is 5. The van der Waals surface area contributed by atoms with Crippen molar-refractivity contribution < 1.29 is 32.2 Å². The number of hydrogen-bond donors (Lipinski definition) is 1. The second kappa shape index (κ2) is 8.51. The number of ether oxygens (including phenoxy) is 3. The first kappa shape index (κ1) is 20.0. The number of nitrogens with zero attached hydrogens (tertiary/aromatic N) is 2. The van der Waals surface area contributed by atoms with Gasteiger partial charge in [0.15, 0.2) is 12.3 Å². The normalized spacial score (nSPS) is 13.7. The summed E-state index contributed by atoms with van der Waals surface area (Å²) in [6, 6.07) is 6.75. The number of nitrogens with one attached hydrogen (secondary N) is 1. The van der Waals surface area contributed by atoms with Crippen LogP contribution in [0.5, 0.6) is 11.5 Å². The van der Waals surface area contributed by atoms with E-state index >= 15 is 0 Å². The van der Waals surface area contributed by atoms with Crippen LogP contribution in [0.4, 0.5) is 13.2 Å². The molecule has 7 nitrogen and oxygen atoms in total. The molecule has 1 aromatic heterocycles. The van der Waals surface area contributed by atoms with E-state index in [0.717, 1.165) is 0 Å². The number of carbonyl (C=O) groups is 1. The molecule has 0 aliphatic carbocycles. The average Bonchev–Trinajstić information content (AvgIpc) is 3.06. The summed E-state index contributed by atoms with van der Waals surface area (Å²) in [5.74, 6) is 0.797. The molecule has 10 heteroatoms. The molecule has 1 aliphatic rings. The van der Waals surface area contributed by atoms with E-state index in [1.807, 2.05) is 0 Å². The fraction of sp³-hybridized carbons (Fsp3) is 0.444. The van der Waals surface area contributed by atoms with Crippen LogP contribution in [0.1, 0.15) is 17.0 Å². The zero-order valence-corrected chi connectivity index (χ0v) is 15.2. The summed E-state index contributed by atoms with van der Waals surface area (Å²) < 4.78 is 56.2. The van der Waals surface area contributed by atoms with Crippen LogP contribution in [0.15, 0.2) is 24.3 Å². The fourth-order valence-corrected chi connectivity index (χ4v) is 2.89. The fourth-order valence-electron chi connectivity index (χ4n) is 2.89. The molecule has 0 unspecified atom stereocenters. The Morgan fingerprint density at radius 2 is 2.00 bits per heavy atom. The molecule has 1 aliphatic heterocycles. The highest BCUT2D eigenvalue weighted by Gasteiger charge is 2.39. The van der Waals surface area contributed by atoms with Crippen molar-refractivity contribution in [3.05, 3.63) is 41.2 Å². The van der Waals surface area contributed by atoms with Crippen molar-refractivity contribution >= 4 is 5.91 Å². The number of rotatable bonds is 7. The van der Waals surface area contributed by atoms with E-state index < -0.39 is 11.9 Å². The zero-order chi connectivity index (χ0) is 20.1. The first-order chi connectivity index (χ1) is 13.4. The maximum atomic E-state index is 13.1. The molecule has 0 atom stereocenters. The van der Waals surface area contributed by atoms with Crippen molar-refractivity contribution in [2.24, 2.45) is 0 Å². The summed E-state index contributed by atoms with van der Waals surface area (Å²) in [6.07, 6.45) is -4.18. The van der Waals surface area contributed by atoms with Gasteiger partial charge in [-0.1, -0.05) is 0 Å². The number of carbonyl (C=O) groups excluding carboxylic acids is 1. The van der Waals surface area contributed by atoms with Crippen LogP contribution < -0.4 is 14.8 Å². The van der Waals surface area contributed by atoms with Crippen LogP contribution in [-0.4, -0.2) is 42.6 Å². The molecular weight excluding hydrogens is 379 g/mol. The van der Waals surface area contributed by atoms with E-state index in [9.17, 15) is 18.0 Å². The molecule has 2 aromatic rings. The van der Waals surface area contributed by atoms with Crippen molar-refractivity contribution in [1.82, 2.24) is 15.1 Å². The van der Waals surface area contributed by atoms with Gasteiger partial charge in [-0.3, -0.25) is 9.48 Å². The number of fused-ring (bicyclic) bond motifs is 1. The lowest BCUT2D eigenvalue weighted by atomic mass is 10.1. The Morgan fingerprint density at radius 3 is 2.68 bits per heavy atom. The van der Waals surface area contributed by atoms with Gasteiger partial charge >= 0.3 is 6.18 Å². The monoisotopic (exact) mass is 399 g/mol. The van der Waals surface area contributed by atoms with Crippen LogP contribution in [0.2, 0.25) is 0 Å². The second-order valence-electron chi connectivity index (χ2n) is 6.11. The van der Waals surface area contributed by atoms with Crippen molar-refractivity contribution in [3.8, 4) is 11.5 Å². The van der Waals surface area contributed by atoms with Gasteiger partial charge in [-0.25, -0.2) is 0 Å². The van der Waals surface area contributed by atoms with Crippen molar-refractivity contribution in [3.63, 3.8) is 0 Å². The van der Waals surface area contributed by atoms with E-state index in [4.69, 9.17) is 14.2 Å².